The molecule has 1 aliphatic carbocycles. The highest BCUT2D eigenvalue weighted by Gasteiger charge is 2.28. The van der Waals surface area contributed by atoms with Gasteiger partial charge < -0.3 is 15.0 Å². The van der Waals surface area contributed by atoms with E-state index in [0.717, 1.165) is 68.9 Å². The smallest absolute Gasteiger partial charge is 0.257 e. The zero-order chi connectivity index (χ0) is 28.9. The Morgan fingerprint density at radius 2 is 1.81 bits per heavy atom. The molecule has 218 valence electrons. The molecule has 3 heterocycles. The number of nitrogens with one attached hydrogen (secondary N) is 2. The number of thiazole rings is 1. The first kappa shape index (κ1) is 28.3. The van der Waals surface area contributed by atoms with Crippen molar-refractivity contribution in [3.8, 4) is 0 Å². The number of allylic oxidation sites excluding steroid dienone is 2. The van der Waals surface area contributed by atoms with E-state index >= 15 is 0 Å². The monoisotopic (exact) mass is 583 g/mol. The number of anilines is 2. The van der Waals surface area contributed by atoms with Gasteiger partial charge in [0, 0.05) is 59.8 Å². The second-order valence-corrected chi connectivity index (χ2v) is 12.1. The molecule has 2 aromatic carbocycles. The van der Waals surface area contributed by atoms with Crippen molar-refractivity contribution in [2.24, 2.45) is 5.92 Å². The van der Waals surface area contributed by atoms with Crippen molar-refractivity contribution in [3.05, 3.63) is 100 Å². The number of carbonyl (C=O) groups excluding carboxylic acids is 2. The summed E-state index contributed by atoms with van der Waals surface area (Å²) in [6.45, 7) is 6.07. The van der Waals surface area contributed by atoms with Gasteiger partial charge in [0.1, 0.15) is 0 Å². The number of nitrogens with zero attached hydrogens (tertiary/aromatic N) is 3. The predicted molar refractivity (Wildman–Crippen MR) is 167 cm³/mol. The molecule has 2 N–H and O–H groups in total. The SMILES string of the molecule is CCC1C=CN(c2ccc(C(=O)NCc3cccc(C(=O)Nc4nc5c(s4)CC(N4CCOCC4)CC5)c3)cc2)C=C1. The number of amides is 2. The van der Waals surface area contributed by atoms with Crippen LogP contribution in [-0.4, -0.2) is 54.0 Å². The van der Waals surface area contributed by atoms with Gasteiger partial charge in [0.2, 0.25) is 0 Å². The fourth-order valence-corrected chi connectivity index (χ4v) is 6.77. The van der Waals surface area contributed by atoms with E-state index < -0.39 is 0 Å². The Hall–Kier alpha value is -3.79. The molecule has 6 rings (SSSR count). The van der Waals surface area contributed by atoms with Crippen LogP contribution in [0, 0.1) is 5.92 Å². The van der Waals surface area contributed by atoms with E-state index in [0.29, 0.717) is 34.8 Å². The third-order valence-corrected chi connectivity index (χ3v) is 9.26. The highest BCUT2D eigenvalue weighted by atomic mass is 32.1. The number of fused-ring (bicyclic) bond motifs is 1. The second-order valence-electron chi connectivity index (χ2n) is 11.0. The van der Waals surface area contributed by atoms with Gasteiger partial charge in [-0.2, -0.15) is 0 Å². The molecule has 3 aliphatic rings. The summed E-state index contributed by atoms with van der Waals surface area (Å²) in [6.07, 6.45) is 12.6. The summed E-state index contributed by atoms with van der Waals surface area (Å²) in [5.74, 6) is 0.124. The maximum Gasteiger partial charge on any atom is 0.257 e. The molecule has 1 unspecified atom stereocenters. The summed E-state index contributed by atoms with van der Waals surface area (Å²) < 4.78 is 5.51. The molecule has 1 aromatic heterocycles. The van der Waals surface area contributed by atoms with Crippen LogP contribution in [-0.2, 0) is 24.1 Å². The van der Waals surface area contributed by atoms with E-state index in [9.17, 15) is 9.59 Å². The summed E-state index contributed by atoms with van der Waals surface area (Å²) in [5, 5.41) is 6.62. The molecule has 0 bridgehead atoms. The van der Waals surface area contributed by atoms with E-state index in [1.54, 1.807) is 17.4 Å². The number of benzene rings is 2. The van der Waals surface area contributed by atoms with Gasteiger partial charge >= 0.3 is 0 Å². The molecule has 0 spiro atoms. The third-order valence-electron chi connectivity index (χ3n) is 8.23. The first-order valence-electron chi connectivity index (χ1n) is 14.8. The quantitative estimate of drug-likeness (QED) is 0.370. The minimum Gasteiger partial charge on any atom is -0.379 e. The first-order chi connectivity index (χ1) is 20.6. The van der Waals surface area contributed by atoms with Crippen LogP contribution in [0.15, 0.2) is 73.1 Å². The lowest BCUT2D eigenvalue weighted by molar-refractivity contribution is 0.0139. The highest BCUT2D eigenvalue weighted by molar-refractivity contribution is 7.15. The predicted octanol–water partition coefficient (Wildman–Crippen LogP) is 5.39. The standard InChI is InChI=1S/C33H37N5O3S/c1-2-23-12-14-37(15-13-23)27-8-6-25(7-9-27)31(39)34-22-24-4-3-5-26(20-24)32(40)36-33-35-29-11-10-28(21-30(29)42-33)38-16-18-41-19-17-38/h3-9,12-15,20,23,28H,2,10-11,16-19,21-22H2,1H3,(H,34,39)(H,35,36,40). The molecule has 1 atom stereocenters. The zero-order valence-corrected chi connectivity index (χ0v) is 24.7. The lowest BCUT2D eigenvalue weighted by atomic mass is 9.96. The molecule has 8 nitrogen and oxygen atoms in total. The number of morpholine rings is 1. The van der Waals surface area contributed by atoms with E-state index in [1.807, 2.05) is 47.4 Å². The maximum absolute atomic E-state index is 13.1. The van der Waals surface area contributed by atoms with Crippen LogP contribution < -0.4 is 15.5 Å². The van der Waals surface area contributed by atoms with E-state index in [-0.39, 0.29) is 11.8 Å². The number of hydrogen-bond donors (Lipinski definition) is 2. The third kappa shape index (κ3) is 6.64. The van der Waals surface area contributed by atoms with Crippen LogP contribution in [0.2, 0.25) is 0 Å². The molecule has 0 radical (unpaired) electrons. The Morgan fingerprint density at radius 3 is 2.57 bits per heavy atom. The Bertz CT molecular complexity index is 1460. The van der Waals surface area contributed by atoms with Crippen LogP contribution in [0.5, 0.6) is 0 Å². The van der Waals surface area contributed by atoms with Gasteiger partial charge in [-0.3, -0.25) is 19.8 Å². The van der Waals surface area contributed by atoms with Gasteiger partial charge in [0.15, 0.2) is 5.13 Å². The van der Waals surface area contributed by atoms with Crippen LogP contribution in [0.4, 0.5) is 10.8 Å². The van der Waals surface area contributed by atoms with Crippen molar-refractivity contribution in [2.45, 2.75) is 45.2 Å². The number of aryl methyl sites for hydroxylation is 1. The molecule has 1 fully saturated rings. The molecular weight excluding hydrogens is 546 g/mol. The Balaban J connectivity index is 1.02. The molecule has 3 aromatic rings. The van der Waals surface area contributed by atoms with Gasteiger partial charge in [-0.1, -0.05) is 31.2 Å². The number of carbonyl (C=O) groups is 2. The maximum atomic E-state index is 13.1. The van der Waals surface area contributed by atoms with Crippen LogP contribution in [0.3, 0.4) is 0 Å². The number of rotatable bonds is 8. The molecule has 2 amide bonds. The van der Waals surface area contributed by atoms with Crippen molar-refractivity contribution in [1.29, 1.82) is 0 Å². The Morgan fingerprint density at radius 1 is 1.02 bits per heavy atom. The number of ether oxygens (including phenoxy) is 1. The second kappa shape index (κ2) is 13.0. The Kier molecular flexibility index (Phi) is 8.79. The van der Waals surface area contributed by atoms with E-state index in [1.165, 1.54) is 4.88 Å². The molecule has 2 aliphatic heterocycles. The van der Waals surface area contributed by atoms with Gasteiger partial charge in [0.05, 0.1) is 18.9 Å². The van der Waals surface area contributed by atoms with Crippen molar-refractivity contribution in [2.75, 3.05) is 36.5 Å². The van der Waals surface area contributed by atoms with Gasteiger partial charge in [-0.15, -0.1) is 11.3 Å². The van der Waals surface area contributed by atoms with E-state index in [4.69, 9.17) is 9.72 Å². The van der Waals surface area contributed by atoms with Crippen LogP contribution in [0.25, 0.3) is 0 Å². The highest BCUT2D eigenvalue weighted by Crippen LogP contribution is 2.32. The topological polar surface area (TPSA) is 86.8 Å². The summed E-state index contributed by atoms with van der Waals surface area (Å²) in [6, 6.07) is 15.4. The minimum atomic E-state index is -0.194. The van der Waals surface area contributed by atoms with Crippen LogP contribution >= 0.6 is 11.3 Å². The zero-order valence-electron chi connectivity index (χ0n) is 23.9. The van der Waals surface area contributed by atoms with Crippen molar-refractivity contribution >= 4 is 34.0 Å². The van der Waals surface area contributed by atoms with Crippen LogP contribution in [0.1, 0.15) is 56.6 Å². The normalized spacial score (nSPS) is 19.0. The van der Waals surface area contributed by atoms with E-state index in [2.05, 4.69) is 47.0 Å². The summed E-state index contributed by atoms with van der Waals surface area (Å²) in [4.78, 5) is 36.5. The summed E-state index contributed by atoms with van der Waals surface area (Å²) in [7, 11) is 0. The minimum absolute atomic E-state index is 0.157. The average Bonchev–Trinajstić information content (AvgIpc) is 3.46. The van der Waals surface area contributed by atoms with Crippen molar-refractivity contribution < 1.29 is 14.3 Å². The fourth-order valence-electron chi connectivity index (χ4n) is 5.69. The fraction of sp³-hybridized carbons (Fsp3) is 0.364. The van der Waals surface area contributed by atoms with Crippen molar-refractivity contribution in [1.82, 2.24) is 15.2 Å². The number of aromatic nitrogens is 1. The summed E-state index contributed by atoms with van der Waals surface area (Å²) in [5.41, 5.74) is 4.10. The van der Waals surface area contributed by atoms with Gasteiger partial charge in [0.25, 0.3) is 11.8 Å². The molecule has 0 saturated carbocycles. The van der Waals surface area contributed by atoms with Crippen molar-refractivity contribution in [3.63, 3.8) is 0 Å². The molecule has 1 saturated heterocycles. The molecular formula is C33H37N5O3S. The van der Waals surface area contributed by atoms with Gasteiger partial charge in [-0.25, -0.2) is 4.98 Å². The average molecular weight is 584 g/mol. The summed E-state index contributed by atoms with van der Waals surface area (Å²) >= 11 is 1.58. The molecule has 42 heavy (non-hydrogen) atoms. The Labute approximate surface area is 251 Å². The lowest BCUT2D eigenvalue weighted by Crippen LogP contribution is -2.45. The number of hydrogen-bond acceptors (Lipinski definition) is 7. The first-order valence-corrected chi connectivity index (χ1v) is 15.6. The largest absolute Gasteiger partial charge is 0.379 e. The molecule has 9 heteroatoms. The van der Waals surface area contributed by atoms with Gasteiger partial charge in [-0.05, 0) is 73.6 Å². The lowest BCUT2D eigenvalue weighted by Gasteiger charge is -2.36.